The average molecular weight is 460 g/mol. The van der Waals surface area contributed by atoms with Gasteiger partial charge >= 0.3 is 5.97 Å². The van der Waals surface area contributed by atoms with E-state index in [0.29, 0.717) is 18.6 Å². The largest absolute Gasteiger partial charge is 0.482 e. The van der Waals surface area contributed by atoms with Gasteiger partial charge in [0.25, 0.3) is 0 Å². The third kappa shape index (κ3) is 6.02. The van der Waals surface area contributed by atoms with Crippen LogP contribution in [0.15, 0.2) is 78.9 Å². The number of carboxylic acid groups (broad SMARTS) is 1. The van der Waals surface area contributed by atoms with Crippen molar-refractivity contribution < 1.29 is 24.3 Å². The van der Waals surface area contributed by atoms with E-state index >= 15 is 0 Å². The molecule has 34 heavy (non-hydrogen) atoms. The second-order valence-corrected chi connectivity index (χ2v) is 8.48. The molecular weight excluding hydrogens is 430 g/mol. The molecule has 176 valence electrons. The summed E-state index contributed by atoms with van der Waals surface area (Å²) in [6.07, 6.45) is 3.45. The molecule has 6 heteroatoms. The first-order valence-electron chi connectivity index (χ1n) is 11.6. The van der Waals surface area contributed by atoms with Gasteiger partial charge in [0.1, 0.15) is 11.9 Å². The van der Waals surface area contributed by atoms with E-state index < -0.39 is 12.1 Å². The molecule has 4 rings (SSSR count). The number of carbonyl (C=O) groups is 2. The first-order chi connectivity index (χ1) is 16.6. The molecule has 0 radical (unpaired) electrons. The van der Waals surface area contributed by atoms with Gasteiger partial charge in [0, 0.05) is 6.42 Å². The summed E-state index contributed by atoms with van der Waals surface area (Å²) in [5.41, 5.74) is 6.79. The number of amides is 1. The maximum Gasteiger partial charge on any atom is 0.341 e. The highest BCUT2D eigenvalue weighted by Crippen LogP contribution is 2.39. The van der Waals surface area contributed by atoms with Crippen LogP contribution in [0.1, 0.15) is 60.0 Å². The van der Waals surface area contributed by atoms with Crippen molar-refractivity contribution >= 4 is 11.9 Å². The van der Waals surface area contributed by atoms with Crippen LogP contribution in [-0.2, 0) is 20.8 Å². The van der Waals surface area contributed by atoms with E-state index in [2.05, 4.69) is 11.5 Å². The fraction of sp³-hybridized carbons (Fsp3) is 0.286. The van der Waals surface area contributed by atoms with Crippen LogP contribution in [0.5, 0.6) is 5.75 Å². The maximum atomic E-state index is 12.7. The van der Waals surface area contributed by atoms with Crippen molar-refractivity contribution in [2.24, 2.45) is 0 Å². The number of benzene rings is 3. The van der Waals surface area contributed by atoms with Crippen LogP contribution in [0.25, 0.3) is 0 Å². The molecule has 6 nitrogen and oxygen atoms in total. The molecule has 1 unspecified atom stereocenters. The molecule has 0 spiro atoms. The van der Waals surface area contributed by atoms with Crippen molar-refractivity contribution in [2.75, 3.05) is 6.61 Å². The van der Waals surface area contributed by atoms with Gasteiger partial charge in [-0.15, -0.1) is 0 Å². The summed E-state index contributed by atoms with van der Waals surface area (Å²) >= 11 is 0. The van der Waals surface area contributed by atoms with E-state index in [1.807, 2.05) is 72.8 Å². The lowest BCUT2D eigenvalue weighted by Gasteiger charge is -2.27. The van der Waals surface area contributed by atoms with Crippen molar-refractivity contribution in [3.05, 3.63) is 101 Å². The number of hydroxylamine groups is 1. The Morgan fingerprint density at radius 1 is 0.941 bits per heavy atom. The van der Waals surface area contributed by atoms with Crippen molar-refractivity contribution in [1.29, 1.82) is 0 Å². The van der Waals surface area contributed by atoms with Gasteiger partial charge in [0.05, 0.1) is 0 Å². The normalized spacial score (nSPS) is 14.9. The monoisotopic (exact) mass is 459 g/mol. The Balaban J connectivity index is 1.37. The SMILES string of the molecule is O=C(O)COc1cccc2c1CCCC2CCC(=O)NOC(c1ccccc1)c1ccccc1. The minimum atomic E-state index is -0.994. The minimum absolute atomic E-state index is 0.165. The summed E-state index contributed by atoms with van der Waals surface area (Å²) in [4.78, 5) is 29.5. The fourth-order valence-electron chi connectivity index (χ4n) is 4.55. The molecule has 1 atom stereocenters. The number of ether oxygens (including phenoxy) is 1. The molecule has 0 fully saturated rings. The highest BCUT2D eigenvalue weighted by Gasteiger charge is 2.24. The van der Waals surface area contributed by atoms with Crippen molar-refractivity contribution in [1.82, 2.24) is 5.48 Å². The fourth-order valence-corrected chi connectivity index (χ4v) is 4.55. The lowest BCUT2D eigenvalue weighted by Crippen LogP contribution is -2.27. The average Bonchev–Trinajstić information content (AvgIpc) is 2.87. The molecule has 0 saturated carbocycles. The molecular formula is C28H29NO5. The highest BCUT2D eigenvalue weighted by molar-refractivity contribution is 5.75. The zero-order valence-electron chi connectivity index (χ0n) is 19.0. The van der Waals surface area contributed by atoms with Crippen LogP contribution >= 0.6 is 0 Å². The Hall–Kier alpha value is -3.64. The van der Waals surface area contributed by atoms with Gasteiger partial charge in [-0.25, -0.2) is 10.3 Å². The number of rotatable bonds is 10. The molecule has 3 aromatic carbocycles. The van der Waals surface area contributed by atoms with Gasteiger partial charge < -0.3 is 9.84 Å². The molecule has 0 heterocycles. The van der Waals surface area contributed by atoms with Gasteiger partial charge in [-0.3, -0.25) is 9.63 Å². The highest BCUT2D eigenvalue weighted by atomic mass is 16.7. The number of aliphatic carboxylic acids is 1. The van der Waals surface area contributed by atoms with Gasteiger partial charge in [0.2, 0.25) is 5.91 Å². The second kappa shape index (κ2) is 11.5. The van der Waals surface area contributed by atoms with E-state index in [4.69, 9.17) is 14.7 Å². The Kier molecular flexibility index (Phi) is 7.94. The van der Waals surface area contributed by atoms with E-state index in [-0.39, 0.29) is 18.4 Å². The number of carbonyl (C=O) groups excluding carboxylic acids is 1. The van der Waals surface area contributed by atoms with Crippen molar-refractivity contribution in [2.45, 2.75) is 44.1 Å². The third-order valence-corrected chi connectivity index (χ3v) is 6.15. The summed E-state index contributed by atoms with van der Waals surface area (Å²) in [7, 11) is 0. The number of hydrogen-bond donors (Lipinski definition) is 2. The van der Waals surface area contributed by atoms with E-state index in [0.717, 1.165) is 41.5 Å². The van der Waals surface area contributed by atoms with Crippen molar-refractivity contribution in [3.63, 3.8) is 0 Å². The lowest BCUT2D eigenvalue weighted by molar-refractivity contribution is -0.139. The topological polar surface area (TPSA) is 84.9 Å². The number of carboxylic acids is 1. The minimum Gasteiger partial charge on any atom is -0.482 e. The van der Waals surface area contributed by atoms with Gasteiger partial charge in [0.15, 0.2) is 6.61 Å². The standard InChI is InChI=1S/C28H29NO5/c30-26(29-34-28(21-9-3-1-4-10-21)22-11-5-2-6-12-22)18-17-20-13-7-15-24-23(20)14-8-16-25(24)33-19-27(31)32/h1-6,8-12,14,16,20,28H,7,13,15,17-19H2,(H,29,30)(H,31,32). The van der Waals surface area contributed by atoms with E-state index in [1.165, 1.54) is 0 Å². The van der Waals surface area contributed by atoms with Gasteiger partial charge in [-0.1, -0.05) is 72.8 Å². The summed E-state index contributed by atoms with van der Waals surface area (Å²) in [6, 6.07) is 25.4. The molecule has 0 saturated heterocycles. The molecule has 1 aliphatic carbocycles. The predicted molar refractivity (Wildman–Crippen MR) is 128 cm³/mol. The molecule has 0 bridgehead atoms. The molecule has 3 aromatic rings. The molecule has 1 amide bonds. The van der Waals surface area contributed by atoms with E-state index in [9.17, 15) is 9.59 Å². The summed E-state index contributed by atoms with van der Waals surface area (Å²) in [5, 5.41) is 8.93. The van der Waals surface area contributed by atoms with Gasteiger partial charge in [-0.05, 0) is 59.9 Å². The summed E-state index contributed by atoms with van der Waals surface area (Å²) in [5.74, 6) is -0.305. The first-order valence-corrected chi connectivity index (χ1v) is 11.6. The summed E-state index contributed by atoms with van der Waals surface area (Å²) in [6.45, 7) is -0.356. The molecule has 1 aliphatic rings. The maximum absolute atomic E-state index is 12.7. The smallest absolute Gasteiger partial charge is 0.341 e. The Labute approximate surface area is 199 Å². The Morgan fingerprint density at radius 2 is 1.62 bits per heavy atom. The third-order valence-electron chi connectivity index (χ3n) is 6.15. The Morgan fingerprint density at radius 3 is 2.26 bits per heavy atom. The van der Waals surface area contributed by atoms with Crippen LogP contribution in [-0.4, -0.2) is 23.6 Å². The molecule has 2 N–H and O–H groups in total. The van der Waals surface area contributed by atoms with Crippen LogP contribution in [0, 0.1) is 0 Å². The second-order valence-electron chi connectivity index (χ2n) is 8.48. The summed E-state index contributed by atoms with van der Waals surface area (Å²) < 4.78 is 5.49. The molecule has 0 aromatic heterocycles. The van der Waals surface area contributed by atoms with E-state index in [1.54, 1.807) is 0 Å². The van der Waals surface area contributed by atoms with Crippen LogP contribution in [0.3, 0.4) is 0 Å². The van der Waals surface area contributed by atoms with Gasteiger partial charge in [-0.2, -0.15) is 0 Å². The number of fused-ring (bicyclic) bond motifs is 1. The van der Waals surface area contributed by atoms with Crippen LogP contribution in [0.4, 0.5) is 0 Å². The zero-order valence-corrected chi connectivity index (χ0v) is 19.0. The Bertz CT molecular complexity index is 1060. The van der Waals surface area contributed by atoms with Crippen molar-refractivity contribution in [3.8, 4) is 5.75 Å². The first kappa shape index (κ1) is 23.5. The predicted octanol–water partition coefficient (Wildman–Crippen LogP) is 5.19. The number of hydrogen-bond acceptors (Lipinski definition) is 4. The number of nitrogens with one attached hydrogen (secondary N) is 1. The lowest BCUT2D eigenvalue weighted by atomic mass is 9.80. The van der Waals surface area contributed by atoms with Crippen LogP contribution in [0.2, 0.25) is 0 Å². The quantitative estimate of drug-likeness (QED) is 0.408. The van der Waals surface area contributed by atoms with Crippen LogP contribution < -0.4 is 10.2 Å². The zero-order chi connectivity index (χ0) is 23.8. The molecule has 0 aliphatic heterocycles.